The normalized spacial score (nSPS) is 12.1. The van der Waals surface area contributed by atoms with E-state index in [0.717, 1.165) is 7.11 Å². The van der Waals surface area contributed by atoms with Gasteiger partial charge in [-0.05, 0) is 6.42 Å². The van der Waals surface area contributed by atoms with Crippen molar-refractivity contribution in [2.75, 3.05) is 7.11 Å². The molecule has 0 aliphatic heterocycles. The summed E-state index contributed by atoms with van der Waals surface area (Å²) in [6, 6.07) is 0.778. The summed E-state index contributed by atoms with van der Waals surface area (Å²) in [5.41, 5.74) is -0.923. The molecule has 0 radical (unpaired) electrons. The molecular weight excluding hydrogens is 249 g/mol. The van der Waals surface area contributed by atoms with Gasteiger partial charge in [-0.15, -0.1) is 0 Å². The van der Waals surface area contributed by atoms with E-state index in [0.29, 0.717) is 12.1 Å². The number of carbonyl (C=O) groups is 2. The fourth-order valence-electron chi connectivity index (χ4n) is 1.55. The first-order chi connectivity index (χ1) is 8.42. The summed E-state index contributed by atoms with van der Waals surface area (Å²) in [4.78, 5) is 23.1. The standard InChI is InChI=1S/C12H11F3O3/c1-3-7(12(17)18-2)11(16)10-8(14)4-6(13)5-9(10)15/h4-5,7H,3H2,1-2H3. The Balaban J connectivity index is 3.21. The van der Waals surface area contributed by atoms with E-state index in [-0.39, 0.29) is 6.42 Å². The summed E-state index contributed by atoms with van der Waals surface area (Å²) in [6.45, 7) is 1.50. The quantitative estimate of drug-likeness (QED) is 0.474. The molecular formula is C12H11F3O3. The van der Waals surface area contributed by atoms with Crippen LogP contribution in [0.2, 0.25) is 0 Å². The Morgan fingerprint density at radius 2 is 1.72 bits per heavy atom. The molecule has 0 saturated carbocycles. The summed E-state index contributed by atoms with van der Waals surface area (Å²) in [7, 11) is 1.07. The van der Waals surface area contributed by atoms with Crippen molar-refractivity contribution in [3.8, 4) is 0 Å². The van der Waals surface area contributed by atoms with E-state index < -0.39 is 40.7 Å². The Bertz CT molecular complexity index is 462. The number of Topliss-reactive ketones (excluding diaryl/α,β-unsaturated/α-hetero) is 1. The second kappa shape index (κ2) is 5.66. The van der Waals surface area contributed by atoms with Gasteiger partial charge in [0.05, 0.1) is 12.7 Å². The molecule has 98 valence electrons. The van der Waals surface area contributed by atoms with Gasteiger partial charge in [-0.3, -0.25) is 9.59 Å². The Kier molecular flexibility index (Phi) is 4.47. The highest BCUT2D eigenvalue weighted by molar-refractivity contribution is 6.08. The molecule has 1 aromatic carbocycles. The summed E-state index contributed by atoms with van der Waals surface area (Å²) in [5.74, 6) is -7.04. The van der Waals surface area contributed by atoms with Gasteiger partial charge in [0.1, 0.15) is 23.4 Å². The first-order valence-corrected chi connectivity index (χ1v) is 5.18. The van der Waals surface area contributed by atoms with Gasteiger partial charge in [-0.1, -0.05) is 6.92 Å². The minimum atomic E-state index is -1.33. The number of halogens is 3. The van der Waals surface area contributed by atoms with Gasteiger partial charge in [0.2, 0.25) is 0 Å². The van der Waals surface area contributed by atoms with E-state index in [1.54, 1.807) is 0 Å². The lowest BCUT2D eigenvalue weighted by Crippen LogP contribution is -2.26. The van der Waals surface area contributed by atoms with Crippen molar-refractivity contribution in [3.05, 3.63) is 35.1 Å². The number of esters is 1. The number of methoxy groups -OCH3 is 1. The number of benzene rings is 1. The molecule has 0 heterocycles. The predicted molar refractivity (Wildman–Crippen MR) is 56.4 cm³/mol. The lowest BCUT2D eigenvalue weighted by molar-refractivity contribution is -0.143. The van der Waals surface area contributed by atoms with Crippen molar-refractivity contribution in [1.82, 2.24) is 0 Å². The number of hydrogen-bond donors (Lipinski definition) is 0. The Morgan fingerprint density at radius 1 is 1.22 bits per heavy atom. The summed E-state index contributed by atoms with van der Waals surface area (Å²) >= 11 is 0. The molecule has 1 aromatic rings. The van der Waals surface area contributed by atoms with Crippen LogP contribution in [0.5, 0.6) is 0 Å². The van der Waals surface area contributed by atoms with Crippen LogP contribution in [0.3, 0.4) is 0 Å². The van der Waals surface area contributed by atoms with E-state index in [1.807, 2.05) is 0 Å². The van der Waals surface area contributed by atoms with Gasteiger partial charge in [-0.2, -0.15) is 0 Å². The van der Waals surface area contributed by atoms with Gasteiger partial charge in [-0.25, -0.2) is 13.2 Å². The van der Waals surface area contributed by atoms with Crippen LogP contribution >= 0.6 is 0 Å². The molecule has 0 aliphatic carbocycles. The van der Waals surface area contributed by atoms with Crippen LogP contribution in [0.25, 0.3) is 0 Å². The van der Waals surface area contributed by atoms with Gasteiger partial charge >= 0.3 is 5.97 Å². The molecule has 0 fully saturated rings. The van der Waals surface area contributed by atoms with Crippen molar-refractivity contribution in [1.29, 1.82) is 0 Å². The van der Waals surface area contributed by atoms with Crippen LogP contribution in [-0.2, 0) is 9.53 Å². The fourth-order valence-corrected chi connectivity index (χ4v) is 1.55. The highest BCUT2D eigenvalue weighted by atomic mass is 19.1. The molecule has 18 heavy (non-hydrogen) atoms. The topological polar surface area (TPSA) is 43.4 Å². The zero-order chi connectivity index (χ0) is 13.9. The second-order valence-electron chi connectivity index (χ2n) is 3.59. The van der Waals surface area contributed by atoms with Crippen molar-refractivity contribution in [2.45, 2.75) is 13.3 Å². The molecule has 3 nitrogen and oxygen atoms in total. The highest BCUT2D eigenvalue weighted by Crippen LogP contribution is 2.21. The molecule has 0 amide bonds. The van der Waals surface area contributed by atoms with Crippen LogP contribution in [0, 0.1) is 23.4 Å². The Morgan fingerprint density at radius 3 is 2.11 bits per heavy atom. The van der Waals surface area contributed by atoms with Crippen molar-refractivity contribution < 1.29 is 27.5 Å². The molecule has 0 aliphatic rings. The van der Waals surface area contributed by atoms with Gasteiger partial charge in [0.25, 0.3) is 0 Å². The molecule has 0 saturated heterocycles. The zero-order valence-corrected chi connectivity index (χ0v) is 9.80. The lowest BCUT2D eigenvalue weighted by atomic mass is 9.94. The van der Waals surface area contributed by atoms with E-state index in [1.165, 1.54) is 6.92 Å². The van der Waals surface area contributed by atoms with Crippen LogP contribution in [-0.4, -0.2) is 18.9 Å². The van der Waals surface area contributed by atoms with Crippen LogP contribution < -0.4 is 0 Å². The van der Waals surface area contributed by atoms with Crippen LogP contribution in [0.1, 0.15) is 23.7 Å². The van der Waals surface area contributed by atoms with E-state index in [9.17, 15) is 22.8 Å². The monoisotopic (exact) mass is 260 g/mol. The average Bonchev–Trinajstić information content (AvgIpc) is 2.28. The third-order valence-electron chi connectivity index (χ3n) is 2.46. The first-order valence-electron chi connectivity index (χ1n) is 5.18. The van der Waals surface area contributed by atoms with Crippen molar-refractivity contribution in [3.63, 3.8) is 0 Å². The summed E-state index contributed by atoms with van der Waals surface area (Å²) < 4.78 is 43.8. The van der Waals surface area contributed by atoms with Crippen LogP contribution in [0.4, 0.5) is 13.2 Å². The highest BCUT2D eigenvalue weighted by Gasteiger charge is 2.31. The summed E-state index contributed by atoms with van der Waals surface area (Å²) in [6.07, 6.45) is 0.0295. The maximum Gasteiger partial charge on any atom is 0.316 e. The third-order valence-corrected chi connectivity index (χ3v) is 2.46. The molecule has 1 atom stereocenters. The lowest BCUT2D eigenvalue weighted by Gasteiger charge is -2.12. The Labute approximate surface area is 102 Å². The predicted octanol–water partition coefficient (Wildman–Crippen LogP) is 2.49. The minimum absolute atomic E-state index is 0.0295. The fraction of sp³-hybridized carbons (Fsp3) is 0.333. The number of hydrogen-bond acceptors (Lipinski definition) is 3. The molecule has 1 unspecified atom stereocenters. The van der Waals surface area contributed by atoms with Gasteiger partial charge in [0, 0.05) is 12.1 Å². The molecule has 6 heteroatoms. The van der Waals surface area contributed by atoms with E-state index in [2.05, 4.69) is 4.74 Å². The third kappa shape index (κ3) is 2.69. The minimum Gasteiger partial charge on any atom is -0.468 e. The second-order valence-corrected chi connectivity index (χ2v) is 3.59. The van der Waals surface area contributed by atoms with Crippen LogP contribution in [0.15, 0.2) is 12.1 Å². The smallest absolute Gasteiger partial charge is 0.316 e. The molecule has 0 bridgehead atoms. The van der Waals surface area contributed by atoms with Crippen molar-refractivity contribution >= 4 is 11.8 Å². The number of ether oxygens (including phenoxy) is 1. The van der Waals surface area contributed by atoms with Gasteiger partial charge in [0.15, 0.2) is 5.78 Å². The van der Waals surface area contributed by atoms with E-state index >= 15 is 0 Å². The molecule has 1 rings (SSSR count). The van der Waals surface area contributed by atoms with Gasteiger partial charge < -0.3 is 4.74 Å². The largest absolute Gasteiger partial charge is 0.468 e. The number of rotatable bonds is 4. The molecule has 0 N–H and O–H groups in total. The molecule has 0 spiro atoms. The Hall–Kier alpha value is -1.85. The zero-order valence-electron chi connectivity index (χ0n) is 9.80. The van der Waals surface area contributed by atoms with E-state index in [4.69, 9.17) is 0 Å². The molecule has 0 aromatic heterocycles. The first kappa shape index (κ1) is 14.2. The maximum atomic E-state index is 13.4. The SMILES string of the molecule is CCC(C(=O)OC)C(=O)c1c(F)cc(F)cc1F. The van der Waals surface area contributed by atoms with Crippen molar-refractivity contribution in [2.24, 2.45) is 5.92 Å². The summed E-state index contributed by atoms with van der Waals surface area (Å²) in [5, 5.41) is 0. The maximum absolute atomic E-state index is 13.4. The number of carbonyl (C=O) groups excluding carboxylic acids is 2. The average molecular weight is 260 g/mol. The number of ketones is 1.